The van der Waals surface area contributed by atoms with E-state index in [4.69, 9.17) is 0 Å². The number of fused-ring (bicyclic) bond motifs is 1. The van der Waals surface area contributed by atoms with Crippen molar-refractivity contribution < 1.29 is 5.11 Å². The van der Waals surface area contributed by atoms with Crippen LogP contribution in [0.2, 0.25) is 0 Å². The van der Waals surface area contributed by atoms with Crippen molar-refractivity contribution in [2.24, 2.45) is 0 Å². The van der Waals surface area contributed by atoms with Crippen LogP contribution in [0.4, 0.5) is 0 Å². The van der Waals surface area contributed by atoms with Crippen LogP contribution in [-0.2, 0) is 6.54 Å². The molecule has 0 amide bonds. The number of aromatic amines is 1. The van der Waals surface area contributed by atoms with E-state index >= 15 is 0 Å². The maximum atomic E-state index is 12.0. The van der Waals surface area contributed by atoms with Crippen LogP contribution >= 0.6 is 15.9 Å². The lowest BCUT2D eigenvalue weighted by atomic mass is 10.2. The van der Waals surface area contributed by atoms with E-state index in [1.165, 1.54) is 6.92 Å². The second kappa shape index (κ2) is 4.46. The highest BCUT2D eigenvalue weighted by molar-refractivity contribution is 9.10. The quantitative estimate of drug-likeness (QED) is 0.862. The molecule has 6 heteroatoms. The third-order valence-electron chi connectivity index (χ3n) is 2.39. The van der Waals surface area contributed by atoms with Gasteiger partial charge in [-0.3, -0.25) is 9.36 Å². The van der Waals surface area contributed by atoms with E-state index in [0.717, 1.165) is 9.04 Å². The zero-order valence-corrected chi connectivity index (χ0v) is 10.7. The number of aliphatic hydroxyl groups is 1. The fourth-order valence-electron chi connectivity index (χ4n) is 1.66. The van der Waals surface area contributed by atoms with Gasteiger partial charge in [0.25, 0.3) is 5.56 Å². The van der Waals surface area contributed by atoms with Gasteiger partial charge in [0.15, 0.2) is 0 Å². The molecule has 17 heavy (non-hydrogen) atoms. The van der Waals surface area contributed by atoms with E-state index < -0.39 is 17.4 Å². The van der Waals surface area contributed by atoms with Gasteiger partial charge in [-0.2, -0.15) is 0 Å². The van der Waals surface area contributed by atoms with Crippen molar-refractivity contribution in [3.63, 3.8) is 0 Å². The summed E-state index contributed by atoms with van der Waals surface area (Å²) in [5.74, 6) is 0. The first-order valence-corrected chi connectivity index (χ1v) is 5.89. The Morgan fingerprint density at radius 3 is 2.82 bits per heavy atom. The maximum absolute atomic E-state index is 12.0. The minimum atomic E-state index is -0.748. The number of rotatable bonds is 2. The van der Waals surface area contributed by atoms with Crippen molar-refractivity contribution >= 4 is 26.8 Å². The number of aliphatic hydroxyl groups excluding tert-OH is 1. The molecule has 1 heterocycles. The molecule has 1 aromatic carbocycles. The Hall–Kier alpha value is -1.40. The number of nitrogens with zero attached hydrogens (tertiary/aromatic N) is 1. The van der Waals surface area contributed by atoms with Gasteiger partial charge in [-0.1, -0.05) is 15.9 Å². The fraction of sp³-hybridized carbons (Fsp3) is 0.273. The van der Waals surface area contributed by atoms with Gasteiger partial charge in [-0.25, -0.2) is 4.79 Å². The zero-order valence-electron chi connectivity index (χ0n) is 9.11. The van der Waals surface area contributed by atoms with Crippen molar-refractivity contribution in [1.82, 2.24) is 9.55 Å². The fourth-order valence-corrected chi connectivity index (χ4v) is 2.02. The van der Waals surface area contributed by atoms with Gasteiger partial charge in [-0.15, -0.1) is 0 Å². The molecule has 0 aliphatic rings. The highest BCUT2D eigenvalue weighted by Crippen LogP contribution is 2.14. The number of hydrogen-bond acceptors (Lipinski definition) is 3. The van der Waals surface area contributed by atoms with Crippen LogP contribution in [0.1, 0.15) is 6.92 Å². The number of hydrogen-bond donors (Lipinski definition) is 2. The number of aromatic nitrogens is 2. The Morgan fingerprint density at radius 1 is 1.47 bits per heavy atom. The van der Waals surface area contributed by atoms with Crippen LogP contribution in [0.15, 0.2) is 32.3 Å². The molecule has 1 unspecified atom stereocenters. The minimum Gasteiger partial charge on any atom is -0.392 e. The monoisotopic (exact) mass is 298 g/mol. The van der Waals surface area contributed by atoms with Crippen LogP contribution in [0.5, 0.6) is 0 Å². The van der Waals surface area contributed by atoms with Gasteiger partial charge in [0, 0.05) is 4.47 Å². The van der Waals surface area contributed by atoms with Gasteiger partial charge >= 0.3 is 5.69 Å². The summed E-state index contributed by atoms with van der Waals surface area (Å²) in [5, 5.41) is 9.68. The van der Waals surface area contributed by atoms with Crippen molar-refractivity contribution in [2.75, 3.05) is 0 Å². The Labute approximate surface area is 105 Å². The number of benzene rings is 1. The van der Waals surface area contributed by atoms with E-state index in [-0.39, 0.29) is 6.54 Å². The van der Waals surface area contributed by atoms with Crippen molar-refractivity contribution in [1.29, 1.82) is 0 Å². The summed E-state index contributed by atoms with van der Waals surface area (Å²) in [5.41, 5.74) is -0.421. The van der Waals surface area contributed by atoms with Crippen LogP contribution in [0.3, 0.4) is 0 Å². The molecule has 0 fully saturated rings. The number of H-pyrrole nitrogens is 1. The van der Waals surface area contributed by atoms with Gasteiger partial charge in [0.2, 0.25) is 0 Å². The summed E-state index contributed by atoms with van der Waals surface area (Å²) in [6.07, 6.45) is -0.748. The van der Waals surface area contributed by atoms with Crippen LogP contribution < -0.4 is 11.2 Å². The normalized spacial score (nSPS) is 12.9. The standard InChI is InChI=1S/C11H11BrN2O3/c1-6(15)5-14-10(16)8-3-2-7(12)4-9(8)13-11(14)17/h2-4,6,15H,5H2,1H3,(H,13,17). The molecule has 0 aliphatic heterocycles. The Bertz CT molecular complexity index is 672. The van der Waals surface area contributed by atoms with E-state index in [9.17, 15) is 14.7 Å². The van der Waals surface area contributed by atoms with E-state index in [1.807, 2.05) is 0 Å². The Morgan fingerprint density at radius 2 is 2.18 bits per heavy atom. The smallest absolute Gasteiger partial charge is 0.328 e. The van der Waals surface area contributed by atoms with Gasteiger partial charge < -0.3 is 10.1 Å². The summed E-state index contributed by atoms with van der Waals surface area (Å²) in [6, 6.07) is 5.04. The van der Waals surface area contributed by atoms with Crippen molar-refractivity contribution in [2.45, 2.75) is 19.6 Å². The molecule has 1 aromatic heterocycles. The first-order valence-electron chi connectivity index (χ1n) is 5.09. The molecular formula is C11H11BrN2O3. The molecular weight excluding hydrogens is 288 g/mol. The molecule has 2 rings (SSSR count). The number of halogens is 1. The zero-order chi connectivity index (χ0) is 12.6. The largest absolute Gasteiger partial charge is 0.392 e. The Balaban J connectivity index is 2.77. The second-order valence-electron chi connectivity index (χ2n) is 3.88. The van der Waals surface area contributed by atoms with Crippen LogP contribution in [0.25, 0.3) is 10.9 Å². The lowest BCUT2D eigenvalue weighted by Crippen LogP contribution is -2.37. The third kappa shape index (κ3) is 2.32. The molecule has 0 radical (unpaired) electrons. The first kappa shape index (κ1) is 12.1. The average Bonchev–Trinajstić information content (AvgIpc) is 2.23. The molecule has 0 spiro atoms. The lowest BCUT2D eigenvalue weighted by molar-refractivity contribution is 0.170. The van der Waals surface area contributed by atoms with Crippen LogP contribution in [-0.4, -0.2) is 20.8 Å². The molecule has 90 valence electrons. The lowest BCUT2D eigenvalue weighted by Gasteiger charge is -2.08. The van der Waals surface area contributed by atoms with Crippen molar-refractivity contribution in [3.05, 3.63) is 43.5 Å². The molecule has 5 nitrogen and oxygen atoms in total. The minimum absolute atomic E-state index is 0.0137. The molecule has 0 saturated heterocycles. The highest BCUT2D eigenvalue weighted by atomic mass is 79.9. The third-order valence-corrected chi connectivity index (χ3v) is 2.88. The van der Waals surface area contributed by atoms with E-state index in [1.54, 1.807) is 18.2 Å². The summed E-state index contributed by atoms with van der Waals surface area (Å²) >= 11 is 3.27. The highest BCUT2D eigenvalue weighted by Gasteiger charge is 2.09. The summed E-state index contributed by atoms with van der Waals surface area (Å²) in [6.45, 7) is 1.51. The molecule has 0 bridgehead atoms. The molecule has 1 atom stereocenters. The van der Waals surface area contributed by atoms with E-state index in [0.29, 0.717) is 10.9 Å². The van der Waals surface area contributed by atoms with Gasteiger partial charge in [0.05, 0.1) is 23.6 Å². The first-order chi connectivity index (χ1) is 7.99. The summed E-state index contributed by atoms with van der Waals surface area (Å²) < 4.78 is 1.79. The predicted octanol–water partition coefficient (Wildman–Crippen LogP) is 0.833. The summed E-state index contributed by atoms with van der Waals surface area (Å²) in [4.78, 5) is 26.3. The van der Waals surface area contributed by atoms with Gasteiger partial charge in [-0.05, 0) is 25.1 Å². The molecule has 2 N–H and O–H groups in total. The molecule has 0 saturated carbocycles. The van der Waals surface area contributed by atoms with Crippen molar-refractivity contribution in [3.8, 4) is 0 Å². The second-order valence-corrected chi connectivity index (χ2v) is 4.80. The topological polar surface area (TPSA) is 75.1 Å². The summed E-state index contributed by atoms with van der Waals surface area (Å²) in [7, 11) is 0. The van der Waals surface area contributed by atoms with Gasteiger partial charge in [0.1, 0.15) is 0 Å². The average molecular weight is 299 g/mol. The predicted molar refractivity (Wildman–Crippen MR) is 68.2 cm³/mol. The molecule has 0 aliphatic carbocycles. The van der Waals surface area contributed by atoms with E-state index in [2.05, 4.69) is 20.9 Å². The Kier molecular flexibility index (Phi) is 3.17. The van der Waals surface area contributed by atoms with Crippen LogP contribution in [0, 0.1) is 0 Å². The molecule has 2 aromatic rings. The maximum Gasteiger partial charge on any atom is 0.328 e. The SMILES string of the molecule is CC(O)Cn1c(=O)[nH]c2cc(Br)ccc2c1=O. The number of nitrogens with one attached hydrogen (secondary N) is 1.